The average molecular weight is 355 g/mol. The summed E-state index contributed by atoms with van der Waals surface area (Å²) in [6, 6.07) is 19.9. The van der Waals surface area contributed by atoms with Gasteiger partial charge in [-0.25, -0.2) is 0 Å². The van der Waals surface area contributed by atoms with E-state index in [0.29, 0.717) is 6.42 Å². The molecule has 2 unspecified atom stereocenters. The van der Waals surface area contributed by atoms with Crippen LogP contribution in [0, 0.1) is 0 Å². The van der Waals surface area contributed by atoms with Crippen molar-refractivity contribution in [3.05, 3.63) is 83.9 Å². The highest BCUT2D eigenvalue weighted by Crippen LogP contribution is 2.41. The van der Waals surface area contributed by atoms with Gasteiger partial charge in [-0.2, -0.15) is 0 Å². The standard InChI is InChI=1S/C21H19ClO3/c1-15(22)20(24)25-19-14-21(13-12-18(19)23,16-8-4-2-5-9-16)17-10-6-3-7-11-17/h2-13,15,19H,14H2,1H3. The van der Waals surface area contributed by atoms with Gasteiger partial charge in [0.2, 0.25) is 0 Å². The molecule has 0 aliphatic heterocycles. The van der Waals surface area contributed by atoms with E-state index in [1.807, 2.05) is 66.7 Å². The second-order valence-corrected chi connectivity index (χ2v) is 6.84. The molecule has 2 aromatic carbocycles. The summed E-state index contributed by atoms with van der Waals surface area (Å²) in [5.41, 5.74) is 1.56. The molecule has 0 heterocycles. The smallest absolute Gasteiger partial charge is 0.324 e. The first-order valence-electron chi connectivity index (χ1n) is 8.21. The van der Waals surface area contributed by atoms with Crippen molar-refractivity contribution < 1.29 is 14.3 Å². The van der Waals surface area contributed by atoms with E-state index in [4.69, 9.17) is 16.3 Å². The second-order valence-electron chi connectivity index (χ2n) is 6.18. The molecule has 0 bridgehead atoms. The number of halogens is 1. The minimum Gasteiger partial charge on any atom is -0.453 e. The summed E-state index contributed by atoms with van der Waals surface area (Å²) in [4.78, 5) is 24.2. The molecule has 3 rings (SSSR count). The fraction of sp³-hybridized carbons (Fsp3) is 0.238. The van der Waals surface area contributed by atoms with Gasteiger partial charge in [0, 0.05) is 11.8 Å². The molecule has 0 N–H and O–H groups in total. The number of alkyl halides is 1. The minimum absolute atomic E-state index is 0.215. The summed E-state index contributed by atoms with van der Waals surface area (Å²) in [6.45, 7) is 1.54. The van der Waals surface area contributed by atoms with E-state index < -0.39 is 22.9 Å². The highest BCUT2D eigenvalue weighted by Gasteiger charge is 2.41. The summed E-state index contributed by atoms with van der Waals surface area (Å²) in [7, 11) is 0. The van der Waals surface area contributed by atoms with Gasteiger partial charge in [-0.15, -0.1) is 11.6 Å². The fourth-order valence-corrected chi connectivity index (χ4v) is 3.24. The molecule has 1 aliphatic rings. The third-order valence-electron chi connectivity index (χ3n) is 4.52. The topological polar surface area (TPSA) is 43.4 Å². The summed E-state index contributed by atoms with van der Waals surface area (Å²) < 4.78 is 5.39. The highest BCUT2D eigenvalue weighted by atomic mass is 35.5. The van der Waals surface area contributed by atoms with Crippen molar-refractivity contribution in [3.8, 4) is 0 Å². The molecule has 128 valence electrons. The van der Waals surface area contributed by atoms with Crippen LogP contribution in [0.25, 0.3) is 0 Å². The SMILES string of the molecule is CC(Cl)C(=O)OC1CC(c2ccccc2)(c2ccccc2)C=CC1=O. The molecule has 4 heteroatoms. The Morgan fingerprint density at radius 2 is 1.60 bits per heavy atom. The van der Waals surface area contributed by atoms with Crippen LogP contribution in [0.4, 0.5) is 0 Å². The van der Waals surface area contributed by atoms with Crippen molar-refractivity contribution in [2.75, 3.05) is 0 Å². The number of esters is 1. The molecule has 2 aromatic rings. The maximum atomic E-state index is 12.3. The van der Waals surface area contributed by atoms with Crippen molar-refractivity contribution in [3.63, 3.8) is 0 Å². The molecule has 0 saturated heterocycles. The number of carbonyl (C=O) groups excluding carboxylic acids is 2. The Morgan fingerprint density at radius 3 is 2.08 bits per heavy atom. The third kappa shape index (κ3) is 3.52. The monoisotopic (exact) mass is 354 g/mol. The predicted molar refractivity (Wildman–Crippen MR) is 97.6 cm³/mol. The molecule has 0 radical (unpaired) electrons. The molecule has 0 fully saturated rings. The molecule has 0 amide bonds. The lowest BCUT2D eigenvalue weighted by atomic mass is 9.68. The van der Waals surface area contributed by atoms with Crippen LogP contribution in [-0.4, -0.2) is 23.2 Å². The largest absolute Gasteiger partial charge is 0.453 e. The molecular weight excluding hydrogens is 336 g/mol. The number of allylic oxidation sites excluding steroid dienone is 1. The number of hydrogen-bond acceptors (Lipinski definition) is 3. The summed E-state index contributed by atoms with van der Waals surface area (Å²) in [5, 5.41) is -0.790. The average Bonchev–Trinajstić information content (AvgIpc) is 2.65. The van der Waals surface area contributed by atoms with E-state index in [9.17, 15) is 9.59 Å². The normalized spacial score (nSPS) is 20.1. The molecule has 0 saturated carbocycles. The first kappa shape index (κ1) is 17.4. The summed E-state index contributed by atoms with van der Waals surface area (Å²) in [6.07, 6.45) is 2.93. The fourth-order valence-electron chi connectivity index (χ4n) is 3.19. The molecule has 1 aliphatic carbocycles. The number of hydrogen-bond donors (Lipinski definition) is 0. The van der Waals surface area contributed by atoms with Crippen LogP contribution >= 0.6 is 11.6 Å². The van der Waals surface area contributed by atoms with Gasteiger partial charge in [-0.3, -0.25) is 9.59 Å². The van der Waals surface area contributed by atoms with E-state index in [0.717, 1.165) is 11.1 Å². The molecule has 3 nitrogen and oxygen atoms in total. The summed E-state index contributed by atoms with van der Waals surface area (Å²) in [5.74, 6) is -0.793. The molecule has 2 atom stereocenters. The van der Waals surface area contributed by atoms with Crippen molar-refractivity contribution in [1.82, 2.24) is 0 Å². The van der Waals surface area contributed by atoms with Crippen LogP contribution in [0.2, 0.25) is 0 Å². The van der Waals surface area contributed by atoms with Gasteiger partial charge in [0.05, 0.1) is 0 Å². The Bertz CT molecular complexity index is 742. The summed E-state index contributed by atoms with van der Waals surface area (Å²) >= 11 is 5.80. The van der Waals surface area contributed by atoms with Crippen LogP contribution in [0.1, 0.15) is 24.5 Å². The highest BCUT2D eigenvalue weighted by molar-refractivity contribution is 6.29. The van der Waals surface area contributed by atoms with Crippen LogP contribution in [-0.2, 0) is 19.7 Å². The van der Waals surface area contributed by atoms with Crippen LogP contribution < -0.4 is 0 Å². The van der Waals surface area contributed by atoms with Gasteiger partial charge in [0.25, 0.3) is 0 Å². The quantitative estimate of drug-likeness (QED) is 0.614. The zero-order valence-electron chi connectivity index (χ0n) is 13.9. The molecular formula is C21H19ClO3. The first-order chi connectivity index (χ1) is 12.0. The Balaban J connectivity index is 2.05. The minimum atomic E-state index is -0.848. The Hall–Kier alpha value is -2.39. The van der Waals surface area contributed by atoms with Crippen LogP contribution in [0.5, 0.6) is 0 Å². The lowest BCUT2D eigenvalue weighted by Crippen LogP contribution is -2.41. The van der Waals surface area contributed by atoms with Crippen molar-refractivity contribution in [2.45, 2.75) is 30.2 Å². The van der Waals surface area contributed by atoms with Crippen LogP contribution in [0.3, 0.4) is 0 Å². The lowest BCUT2D eigenvalue weighted by Gasteiger charge is -2.37. The van der Waals surface area contributed by atoms with E-state index in [2.05, 4.69) is 0 Å². The first-order valence-corrected chi connectivity index (χ1v) is 8.65. The van der Waals surface area contributed by atoms with E-state index in [1.54, 1.807) is 0 Å². The van der Waals surface area contributed by atoms with Gasteiger partial charge in [-0.1, -0.05) is 66.7 Å². The number of ketones is 1. The van der Waals surface area contributed by atoms with Gasteiger partial charge in [-0.05, 0) is 24.1 Å². The Labute approximate surface area is 152 Å². The van der Waals surface area contributed by atoms with Gasteiger partial charge < -0.3 is 4.74 Å². The zero-order valence-corrected chi connectivity index (χ0v) is 14.6. The maximum Gasteiger partial charge on any atom is 0.324 e. The third-order valence-corrected chi connectivity index (χ3v) is 4.70. The number of benzene rings is 2. The van der Waals surface area contributed by atoms with E-state index in [-0.39, 0.29) is 5.78 Å². The van der Waals surface area contributed by atoms with Crippen LogP contribution in [0.15, 0.2) is 72.8 Å². The molecule has 0 aromatic heterocycles. The Kier molecular flexibility index (Phi) is 5.05. The van der Waals surface area contributed by atoms with Crippen molar-refractivity contribution in [1.29, 1.82) is 0 Å². The van der Waals surface area contributed by atoms with Crippen molar-refractivity contribution >= 4 is 23.4 Å². The predicted octanol–water partition coefficient (Wildman–Crippen LogP) is 4.04. The zero-order chi connectivity index (χ0) is 17.9. The second kappa shape index (κ2) is 7.24. The van der Waals surface area contributed by atoms with Gasteiger partial charge in [0.1, 0.15) is 5.38 Å². The number of rotatable bonds is 4. The molecule has 0 spiro atoms. The number of carbonyl (C=O) groups is 2. The van der Waals surface area contributed by atoms with Gasteiger partial charge >= 0.3 is 5.97 Å². The maximum absolute atomic E-state index is 12.3. The van der Waals surface area contributed by atoms with Gasteiger partial charge in [0.15, 0.2) is 11.9 Å². The van der Waals surface area contributed by atoms with E-state index >= 15 is 0 Å². The number of ether oxygens (including phenoxy) is 1. The Morgan fingerprint density at radius 1 is 1.08 bits per heavy atom. The lowest BCUT2D eigenvalue weighted by molar-refractivity contribution is -0.154. The van der Waals surface area contributed by atoms with E-state index in [1.165, 1.54) is 13.0 Å². The molecule has 25 heavy (non-hydrogen) atoms. The van der Waals surface area contributed by atoms with Crippen molar-refractivity contribution in [2.24, 2.45) is 0 Å².